The summed E-state index contributed by atoms with van der Waals surface area (Å²) < 4.78 is 71.9. The van der Waals surface area contributed by atoms with Crippen molar-refractivity contribution in [3.63, 3.8) is 0 Å². The van der Waals surface area contributed by atoms with E-state index in [0.29, 0.717) is 5.75 Å². The van der Waals surface area contributed by atoms with Gasteiger partial charge in [0.05, 0.1) is 24.0 Å². The lowest BCUT2D eigenvalue weighted by Crippen LogP contribution is -2.38. The highest BCUT2D eigenvalue weighted by Gasteiger charge is 2.34. The number of para-hydroxylation sites is 1. The van der Waals surface area contributed by atoms with Crippen molar-refractivity contribution >= 4 is 27.3 Å². The number of nitrogens with zero attached hydrogens (tertiary/aromatic N) is 2. The fourth-order valence-electron chi connectivity index (χ4n) is 2.85. The number of ether oxygens (including phenoxy) is 1. The van der Waals surface area contributed by atoms with Gasteiger partial charge in [0, 0.05) is 12.4 Å². The van der Waals surface area contributed by atoms with Gasteiger partial charge in [0.2, 0.25) is 5.91 Å². The van der Waals surface area contributed by atoms with Gasteiger partial charge < -0.3 is 10.1 Å². The number of rotatable bonds is 7. The molecule has 0 aliphatic heterocycles. The van der Waals surface area contributed by atoms with Crippen LogP contribution in [0.5, 0.6) is 5.75 Å². The molecule has 0 spiro atoms. The van der Waals surface area contributed by atoms with E-state index in [2.05, 4.69) is 10.3 Å². The highest BCUT2D eigenvalue weighted by molar-refractivity contribution is 7.92. The minimum absolute atomic E-state index is 0.119. The molecule has 3 aromatic rings. The Bertz CT molecular complexity index is 1180. The molecule has 7 nitrogen and oxygen atoms in total. The Hall–Kier alpha value is -3.60. The number of nitrogens with one attached hydrogen (secondary N) is 1. The number of anilines is 2. The van der Waals surface area contributed by atoms with E-state index < -0.39 is 39.9 Å². The van der Waals surface area contributed by atoms with Crippen LogP contribution in [0.1, 0.15) is 5.56 Å². The standard InChI is InChI=1S/C21H18F3N3O4S/c1-31-16-10-8-15(9-11-16)27(32(29,30)17-5-4-12-25-13-17)14-20(28)26-19-7-3-2-6-18(19)21(22,23)24/h2-13H,14H2,1H3,(H,26,28). The molecule has 32 heavy (non-hydrogen) atoms. The van der Waals surface area contributed by atoms with Crippen LogP contribution in [0.15, 0.2) is 78.0 Å². The third-order valence-electron chi connectivity index (χ3n) is 4.38. The van der Waals surface area contributed by atoms with Crippen LogP contribution in [0.2, 0.25) is 0 Å². The number of benzene rings is 2. The summed E-state index contributed by atoms with van der Waals surface area (Å²) in [5, 5.41) is 2.16. The van der Waals surface area contributed by atoms with Crippen molar-refractivity contribution in [2.24, 2.45) is 0 Å². The quantitative estimate of drug-likeness (QED) is 0.571. The maximum absolute atomic E-state index is 13.2. The zero-order valence-corrected chi connectivity index (χ0v) is 17.5. The maximum Gasteiger partial charge on any atom is 0.418 e. The number of pyridine rings is 1. The second kappa shape index (κ2) is 9.27. The lowest BCUT2D eigenvalue weighted by molar-refractivity contribution is -0.137. The number of halogens is 3. The van der Waals surface area contributed by atoms with Crippen molar-refractivity contribution in [2.45, 2.75) is 11.1 Å². The van der Waals surface area contributed by atoms with Crippen LogP contribution in [0.4, 0.5) is 24.5 Å². The van der Waals surface area contributed by atoms with Crippen molar-refractivity contribution < 1.29 is 31.1 Å². The van der Waals surface area contributed by atoms with Crippen LogP contribution in [0.3, 0.4) is 0 Å². The average molecular weight is 465 g/mol. The van der Waals surface area contributed by atoms with E-state index in [1.165, 1.54) is 61.8 Å². The van der Waals surface area contributed by atoms with Gasteiger partial charge >= 0.3 is 6.18 Å². The molecule has 11 heteroatoms. The monoisotopic (exact) mass is 465 g/mol. The zero-order valence-electron chi connectivity index (χ0n) is 16.7. The molecule has 1 heterocycles. The minimum atomic E-state index is -4.69. The van der Waals surface area contributed by atoms with Gasteiger partial charge in [0.25, 0.3) is 10.0 Å². The first-order chi connectivity index (χ1) is 15.1. The molecule has 0 atom stereocenters. The van der Waals surface area contributed by atoms with Crippen LogP contribution in [0.25, 0.3) is 0 Å². The molecule has 168 valence electrons. The molecule has 0 fully saturated rings. The second-order valence-corrected chi connectivity index (χ2v) is 8.35. The normalized spacial score (nSPS) is 11.6. The number of carbonyl (C=O) groups excluding carboxylic acids is 1. The van der Waals surface area contributed by atoms with Crippen LogP contribution in [-0.2, 0) is 21.0 Å². The Balaban J connectivity index is 1.95. The SMILES string of the molecule is COc1ccc(N(CC(=O)Nc2ccccc2C(F)(F)F)S(=O)(=O)c2cccnc2)cc1. The third kappa shape index (κ3) is 5.17. The summed E-state index contributed by atoms with van der Waals surface area (Å²) in [6.45, 7) is -0.768. The van der Waals surface area contributed by atoms with Gasteiger partial charge in [0.1, 0.15) is 17.2 Å². The second-order valence-electron chi connectivity index (χ2n) is 6.49. The van der Waals surface area contributed by atoms with Gasteiger partial charge in [-0.05, 0) is 48.5 Å². The Morgan fingerprint density at radius 3 is 2.34 bits per heavy atom. The molecule has 0 aliphatic rings. The zero-order chi connectivity index (χ0) is 23.4. The Kier molecular flexibility index (Phi) is 6.68. The van der Waals surface area contributed by atoms with Gasteiger partial charge in [-0.2, -0.15) is 13.2 Å². The van der Waals surface area contributed by atoms with E-state index in [1.54, 1.807) is 0 Å². The molecular weight excluding hydrogens is 447 g/mol. The molecule has 0 bridgehead atoms. The van der Waals surface area contributed by atoms with E-state index >= 15 is 0 Å². The summed E-state index contributed by atoms with van der Waals surface area (Å²) >= 11 is 0. The largest absolute Gasteiger partial charge is 0.497 e. The van der Waals surface area contributed by atoms with Crippen LogP contribution < -0.4 is 14.4 Å². The van der Waals surface area contributed by atoms with E-state index in [9.17, 15) is 26.4 Å². The molecule has 1 N–H and O–H groups in total. The molecule has 0 radical (unpaired) electrons. The van der Waals surface area contributed by atoms with Crippen molar-refractivity contribution in [3.8, 4) is 5.75 Å². The topological polar surface area (TPSA) is 88.6 Å². The highest BCUT2D eigenvalue weighted by Crippen LogP contribution is 2.34. The number of hydrogen-bond donors (Lipinski definition) is 1. The number of aromatic nitrogens is 1. The van der Waals surface area contributed by atoms with Crippen molar-refractivity contribution in [1.29, 1.82) is 0 Å². The summed E-state index contributed by atoms with van der Waals surface area (Å²) in [6, 6.07) is 13.0. The number of methoxy groups -OCH3 is 1. The van der Waals surface area contributed by atoms with E-state index in [4.69, 9.17) is 4.74 Å². The molecule has 1 amide bonds. The first kappa shape index (κ1) is 23.1. The molecule has 3 rings (SSSR count). The van der Waals surface area contributed by atoms with Gasteiger partial charge in [-0.3, -0.25) is 14.1 Å². The number of carbonyl (C=O) groups is 1. The molecule has 0 unspecified atom stereocenters. The van der Waals surface area contributed by atoms with Gasteiger partial charge in [-0.25, -0.2) is 8.42 Å². The van der Waals surface area contributed by atoms with Crippen molar-refractivity contribution in [3.05, 3.63) is 78.6 Å². The lowest BCUT2D eigenvalue weighted by atomic mass is 10.1. The predicted molar refractivity (Wildman–Crippen MR) is 112 cm³/mol. The summed E-state index contributed by atoms with van der Waals surface area (Å²) in [7, 11) is -2.82. The minimum Gasteiger partial charge on any atom is -0.497 e. The maximum atomic E-state index is 13.2. The van der Waals surface area contributed by atoms with Gasteiger partial charge in [0.15, 0.2) is 0 Å². The predicted octanol–water partition coefficient (Wildman–Crippen LogP) is 3.94. The molecule has 2 aromatic carbocycles. The summed E-state index contributed by atoms with van der Waals surface area (Å²) in [5.41, 5.74) is -1.40. The van der Waals surface area contributed by atoms with Crippen LogP contribution >= 0.6 is 0 Å². The van der Waals surface area contributed by atoms with Crippen LogP contribution in [0, 0.1) is 0 Å². The number of sulfonamides is 1. The van der Waals surface area contributed by atoms with E-state index in [1.807, 2.05) is 0 Å². The summed E-state index contributed by atoms with van der Waals surface area (Å²) in [5.74, 6) is -0.499. The van der Waals surface area contributed by atoms with E-state index in [-0.39, 0.29) is 10.6 Å². The summed E-state index contributed by atoms with van der Waals surface area (Å²) in [4.78, 5) is 16.3. The summed E-state index contributed by atoms with van der Waals surface area (Å²) in [6.07, 6.45) is -2.19. The van der Waals surface area contributed by atoms with E-state index in [0.717, 1.165) is 22.6 Å². The lowest BCUT2D eigenvalue weighted by Gasteiger charge is -2.24. The number of hydrogen-bond acceptors (Lipinski definition) is 5. The first-order valence-corrected chi connectivity index (χ1v) is 10.6. The van der Waals surface area contributed by atoms with Crippen molar-refractivity contribution in [1.82, 2.24) is 4.98 Å². The Morgan fingerprint density at radius 1 is 1.06 bits per heavy atom. The molecule has 0 saturated carbocycles. The Labute approximate surface area is 182 Å². The van der Waals surface area contributed by atoms with Crippen molar-refractivity contribution in [2.75, 3.05) is 23.3 Å². The smallest absolute Gasteiger partial charge is 0.418 e. The number of amides is 1. The number of alkyl halides is 3. The fourth-order valence-corrected chi connectivity index (χ4v) is 4.24. The van der Waals surface area contributed by atoms with Gasteiger partial charge in [-0.15, -0.1) is 0 Å². The molecule has 1 aromatic heterocycles. The first-order valence-electron chi connectivity index (χ1n) is 9.16. The average Bonchev–Trinajstić information content (AvgIpc) is 2.78. The molecule has 0 saturated heterocycles. The van der Waals surface area contributed by atoms with Gasteiger partial charge in [-0.1, -0.05) is 12.1 Å². The third-order valence-corrected chi connectivity index (χ3v) is 6.13. The van der Waals surface area contributed by atoms with Crippen LogP contribution in [-0.4, -0.2) is 33.0 Å². The Morgan fingerprint density at radius 2 is 1.75 bits per heavy atom. The molecule has 0 aliphatic carbocycles. The fraction of sp³-hybridized carbons (Fsp3) is 0.143. The highest BCUT2D eigenvalue weighted by atomic mass is 32.2. The molecular formula is C21H18F3N3O4S.